The molecule has 0 saturated carbocycles. The van der Waals surface area contributed by atoms with Gasteiger partial charge in [0.05, 0.1) is 19.0 Å². The van der Waals surface area contributed by atoms with E-state index in [9.17, 15) is 4.79 Å². The second-order valence-corrected chi connectivity index (χ2v) is 6.51. The Balaban J connectivity index is 1.98. The largest absolute Gasteiger partial charge is 0.340 e. The van der Waals surface area contributed by atoms with Crippen molar-refractivity contribution in [2.24, 2.45) is 5.92 Å². The van der Waals surface area contributed by atoms with Gasteiger partial charge in [-0.2, -0.15) is 5.10 Å². The molecule has 0 N–H and O–H groups in total. The Bertz CT molecular complexity index is 631. The van der Waals surface area contributed by atoms with Crippen LogP contribution in [0.4, 0.5) is 0 Å². The van der Waals surface area contributed by atoms with Crippen molar-refractivity contribution in [1.29, 1.82) is 0 Å². The Kier molecular flexibility index (Phi) is 4.77. The lowest BCUT2D eigenvalue weighted by atomic mass is 10.1. The van der Waals surface area contributed by atoms with Crippen LogP contribution in [0.25, 0.3) is 0 Å². The van der Waals surface area contributed by atoms with E-state index in [0.717, 1.165) is 11.6 Å². The predicted molar refractivity (Wildman–Crippen MR) is 84.2 cm³/mol. The number of nitrogens with zero attached hydrogens (tertiary/aromatic N) is 4. The molecule has 5 nitrogen and oxygen atoms in total. The third-order valence-electron chi connectivity index (χ3n) is 3.56. The van der Waals surface area contributed by atoms with E-state index in [-0.39, 0.29) is 11.8 Å². The standard InChI is InChI=1S/C15H22N4OS/c1-10-6-7-21-14(10)9-18(5)15(20)11(2)8-19-13(4)16-12(3)17-19/h6-7,11H,8-9H2,1-5H3/t11-/m1/s1. The first-order valence-electron chi connectivity index (χ1n) is 7.04. The van der Waals surface area contributed by atoms with E-state index in [1.54, 1.807) is 16.2 Å². The fourth-order valence-electron chi connectivity index (χ4n) is 2.31. The minimum absolute atomic E-state index is 0.116. The minimum Gasteiger partial charge on any atom is -0.340 e. The van der Waals surface area contributed by atoms with Gasteiger partial charge in [-0.25, -0.2) is 9.67 Å². The number of aryl methyl sites for hydroxylation is 3. The first-order chi connectivity index (χ1) is 9.88. The second-order valence-electron chi connectivity index (χ2n) is 5.51. The average Bonchev–Trinajstić information content (AvgIpc) is 2.95. The summed E-state index contributed by atoms with van der Waals surface area (Å²) in [7, 11) is 1.86. The zero-order chi connectivity index (χ0) is 15.6. The highest BCUT2D eigenvalue weighted by Gasteiger charge is 2.20. The summed E-state index contributed by atoms with van der Waals surface area (Å²) in [4.78, 5) is 19.8. The number of hydrogen-bond donors (Lipinski definition) is 0. The van der Waals surface area contributed by atoms with Gasteiger partial charge in [-0.15, -0.1) is 11.3 Å². The van der Waals surface area contributed by atoms with E-state index in [2.05, 4.69) is 28.5 Å². The third-order valence-corrected chi connectivity index (χ3v) is 4.56. The van der Waals surface area contributed by atoms with Gasteiger partial charge in [-0.05, 0) is 37.8 Å². The van der Waals surface area contributed by atoms with Gasteiger partial charge in [0.25, 0.3) is 0 Å². The molecule has 1 amide bonds. The summed E-state index contributed by atoms with van der Waals surface area (Å²) in [5.41, 5.74) is 1.25. The molecule has 2 aromatic heterocycles. The molecule has 6 heteroatoms. The summed E-state index contributed by atoms with van der Waals surface area (Å²) in [5, 5.41) is 6.38. The van der Waals surface area contributed by atoms with Gasteiger partial charge >= 0.3 is 0 Å². The number of amides is 1. The molecule has 2 aromatic rings. The van der Waals surface area contributed by atoms with Crippen molar-refractivity contribution in [3.05, 3.63) is 33.5 Å². The summed E-state index contributed by atoms with van der Waals surface area (Å²) in [6.45, 7) is 9.03. The van der Waals surface area contributed by atoms with Gasteiger partial charge in [0.1, 0.15) is 11.6 Å². The second kappa shape index (κ2) is 6.39. The van der Waals surface area contributed by atoms with Crippen LogP contribution >= 0.6 is 11.3 Å². The lowest BCUT2D eigenvalue weighted by Gasteiger charge is -2.21. The number of thiophene rings is 1. The van der Waals surface area contributed by atoms with Crippen molar-refractivity contribution in [2.45, 2.75) is 40.8 Å². The fraction of sp³-hybridized carbons (Fsp3) is 0.533. The normalized spacial score (nSPS) is 12.4. The lowest BCUT2D eigenvalue weighted by Crippen LogP contribution is -2.33. The topological polar surface area (TPSA) is 51.0 Å². The molecular formula is C15H22N4OS. The Labute approximate surface area is 129 Å². The molecule has 0 radical (unpaired) electrons. The molecule has 2 rings (SSSR count). The van der Waals surface area contributed by atoms with Gasteiger partial charge in [0.2, 0.25) is 5.91 Å². The van der Waals surface area contributed by atoms with Crippen LogP contribution < -0.4 is 0 Å². The molecule has 2 heterocycles. The number of rotatable bonds is 5. The molecule has 0 unspecified atom stereocenters. The lowest BCUT2D eigenvalue weighted by molar-refractivity contribution is -0.134. The Morgan fingerprint density at radius 3 is 2.67 bits per heavy atom. The maximum Gasteiger partial charge on any atom is 0.227 e. The zero-order valence-corrected chi connectivity index (χ0v) is 14.1. The molecular weight excluding hydrogens is 284 g/mol. The van der Waals surface area contributed by atoms with Crippen molar-refractivity contribution in [3.8, 4) is 0 Å². The summed E-state index contributed by atoms with van der Waals surface area (Å²) in [5.74, 6) is 1.61. The number of aromatic nitrogens is 3. The summed E-state index contributed by atoms with van der Waals surface area (Å²) in [6, 6.07) is 2.09. The molecule has 0 aromatic carbocycles. The van der Waals surface area contributed by atoms with Crippen LogP contribution in [-0.2, 0) is 17.9 Å². The molecule has 21 heavy (non-hydrogen) atoms. The number of carbonyl (C=O) groups is 1. The summed E-state index contributed by atoms with van der Waals surface area (Å²) >= 11 is 1.70. The highest BCUT2D eigenvalue weighted by molar-refractivity contribution is 7.10. The van der Waals surface area contributed by atoms with Gasteiger partial charge < -0.3 is 4.90 Å². The van der Waals surface area contributed by atoms with Crippen LogP contribution in [0.2, 0.25) is 0 Å². The van der Waals surface area contributed by atoms with E-state index < -0.39 is 0 Å². The van der Waals surface area contributed by atoms with Crippen molar-refractivity contribution >= 4 is 17.2 Å². The molecule has 0 aliphatic carbocycles. The van der Waals surface area contributed by atoms with Crippen molar-refractivity contribution in [1.82, 2.24) is 19.7 Å². The van der Waals surface area contributed by atoms with E-state index in [1.807, 2.05) is 32.5 Å². The van der Waals surface area contributed by atoms with Crippen LogP contribution in [0, 0.1) is 26.7 Å². The quantitative estimate of drug-likeness (QED) is 0.853. The molecule has 1 atom stereocenters. The van der Waals surface area contributed by atoms with E-state index >= 15 is 0 Å². The Morgan fingerprint density at radius 2 is 2.14 bits per heavy atom. The van der Waals surface area contributed by atoms with E-state index in [0.29, 0.717) is 13.1 Å². The first-order valence-corrected chi connectivity index (χ1v) is 7.92. The first kappa shape index (κ1) is 15.7. The molecule has 0 bridgehead atoms. The van der Waals surface area contributed by atoms with Gasteiger partial charge in [0.15, 0.2) is 0 Å². The van der Waals surface area contributed by atoms with Gasteiger partial charge in [-0.3, -0.25) is 4.79 Å². The van der Waals surface area contributed by atoms with Crippen LogP contribution in [0.15, 0.2) is 11.4 Å². The summed E-state index contributed by atoms with van der Waals surface area (Å²) < 4.78 is 1.81. The maximum atomic E-state index is 12.5. The number of carbonyl (C=O) groups excluding carboxylic acids is 1. The van der Waals surface area contributed by atoms with E-state index in [4.69, 9.17) is 0 Å². The zero-order valence-electron chi connectivity index (χ0n) is 13.3. The van der Waals surface area contributed by atoms with Gasteiger partial charge in [0, 0.05) is 11.9 Å². The van der Waals surface area contributed by atoms with Crippen molar-refractivity contribution < 1.29 is 4.79 Å². The molecule has 0 aliphatic heterocycles. The minimum atomic E-state index is -0.116. The smallest absolute Gasteiger partial charge is 0.227 e. The molecule has 0 spiro atoms. The molecule has 0 aliphatic rings. The molecule has 0 fully saturated rings. The summed E-state index contributed by atoms with van der Waals surface area (Å²) in [6.07, 6.45) is 0. The number of hydrogen-bond acceptors (Lipinski definition) is 4. The van der Waals surface area contributed by atoms with Crippen LogP contribution in [0.1, 0.15) is 29.0 Å². The Hall–Kier alpha value is -1.69. The van der Waals surface area contributed by atoms with Crippen molar-refractivity contribution in [3.63, 3.8) is 0 Å². The highest BCUT2D eigenvalue weighted by Crippen LogP contribution is 2.18. The predicted octanol–water partition coefficient (Wildman–Crippen LogP) is 2.56. The van der Waals surface area contributed by atoms with Crippen LogP contribution in [0.5, 0.6) is 0 Å². The third kappa shape index (κ3) is 3.69. The van der Waals surface area contributed by atoms with Crippen LogP contribution in [0.3, 0.4) is 0 Å². The van der Waals surface area contributed by atoms with Crippen molar-refractivity contribution in [2.75, 3.05) is 7.05 Å². The van der Waals surface area contributed by atoms with E-state index in [1.165, 1.54) is 10.4 Å². The van der Waals surface area contributed by atoms with Crippen LogP contribution in [-0.4, -0.2) is 32.6 Å². The fourth-order valence-corrected chi connectivity index (χ4v) is 3.27. The monoisotopic (exact) mass is 306 g/mol. The average molecular weight is 306 g/mol. The maximum absolute atomic E-state index is 12.5. The Morgan fingerprint density at radius 1 is 1.43 bits per heavy atom. The highest BCUT2D eigenvalue weighted by atomic mass is 32.1. The van der Waals surface area contributed by atoms with Gasteiger partial charge in [-0.1, -0.05) is 6.92 Å². The molecule has 114 valence electrons. The molecule has 0 saturated heterocycles. The SMILES string of the molecule is Cc1nc(C)n(C[C@@H](C)C(=O)N(C)Cc2sccc2C)n1.